The summed E-state index contributed by atoms with van der Waals surface area (Å²) in [6, 6.07) is 13.3. The van der Waals surface area contributed by atoms with Crippen molar-refractivity contribution >= 4 is 33.3 Å². The number of benzene rings is 2. The zero-order valence-corrected chi connectivity index (χ0v) is 13.8. The van der Waals surface area contributed by atoms with Gasteiger partial charge in [0.2, 0.25) is 0 Å². The summed E-state index contributed by atoms with van der Waals surface area (Å²) in [5.41, 5.74) is 0.819. The van der Waals surface area contributed by atoms with E-state index in [9.17, 15) is 14.7 Å². The second kappa shape index (κ2) is 7.60. The highest BCUT2D eigenvalue weighted by molar-refractivity contribution is 9.10. The molecule has 5 nitrogen and oxygen atoms in total. The Morgan fingerprint density at radius 1 is 1.17 bits per heavy atom. The maximum atomic E-state index is 12.0. The van der Waals surface area contributed by atoms with E-state index in [0.29, 0.717) is 17.0 Å². The molecule has 0 spiro atoms. The molecule has 23 heavy (non-hydrogen) atoms. The third kappa shape index (κ3) is 4.69. The van der Waals surface area contributed by atoms with E-state index in [1.165, 1.54) is 13.2 Å². The van der Waals surface area contributed by atoms with Crippen LogP contribution < -0.4 is 10.1 Å². The lowest BCUT2D eigenvalue weighted by Crippen LogP contribution is -2.15. The maximum absolute atomic E-state index is 12.0. The Kier molecular flexibility index (Phi) is 5.54. The van der Waals surface area contributed by atoms with Crippen LogP contribution in [0.25, 0.3) is 0 Å². The summed E-state index contributed by atoms with van der Waals surface area (Å²) >= 11 is 3.28. The van der Waals surface area contributed by atoms with E-state index in [1.807, 2.05) is 0 Å². The largest absolute Gasteiger partial charge is 0.503 e. The van der Waals surface area contributed by atoms with Gasteiger partial charge in [-0.3, -0.25) is 9.59 Å². The van der Waals surface area contributed by atoms with E-state index in [1.54, 1.807) is 42.5 Å². The number of amides is 1. The van der Waals surface area contributed by atoms with Crippen molar-refractivity contribution in [2.24, 2.45) is 0 Å². The van der Waals surface area contributed by atoms with E-state index >= 15 is 0 Å². The third-order valence-corrected chi connectivity index (χ3v) is 3.49. The summed E-state index contributed by atoms with van der Waals surface area (Å²) in [6.45, 7) is 0. The zero-order valence-electron chi connectivity index (χ0n) is 12.2. The number of hydrogen-bond donors (Lipinski definition) is 2. The summed E-state index contributed by atoms with van der Waals surface area (Å²) < 4.78 is 5.89. The molecule has 1 amide bonds. The van der Waals surface area contributed by atoms with Crippen molar-refractivity contribution in [3.05, 3.63) is 70.4 Å². The van der Waals surface area contributed by atoms with Gasteiger partial charge < -0.3 is 15.2 Å². The molecular formula is C17H14BrNO4. The number of carbonyl (C=O) groups is 2. The molecule has 0 saturated heterocycles. The lowest BCUT2D eigenvalue weighted by Gasteiger charge is -2.05. The maximum Gasteiger partial charge on any atom is 0.290 e. The lowest BCUT2D eigenvalue weighted by molar-refractivity contribution is -0.115. The van der Waals surface area contributed by atoms with Crippen LogP contribution in [0.3, 0.4) is 0 Å². The van der Waals surface area contributed by atoms with Gasteiger partial charge in [-0.15, -0.1) is 0 Å². The molecule has 0 radical (unpaired) electrons. The molecule has 2 aromatic carbocycles. The molecule has 0 bridgehead atoms. The Morgan fingerprint density at radius 3 is 2.52 bits per heavy atom. The van der Waals surface area contributed by atoms with Gasteiger partial charge in [0.1, 0.15) is 5.75 Å². The average Bonchev–Trinajstić information content (AvgIpc) is 2.56. The molecule has 0 fully saturated rings. The second-order valence-electron chi connectivity index (χ2n) is 4.59. The quantitative estimate of drug-likeness (QED) is 0.474. The molecule has 0 aliphatic heterocycles. The molecule has 2 rings (SSSR count). The van der Waals surface area contributed by atoms with Crippen molar-refractivity contribution in [2.45, 2.75) is 0 Å². The minimum absolute atomic E-state index is 0.312. The molecule has 0 unspecified atom stereocenters. The Bertz CT molecular complexity index is 753. The van der Waals surface area contributed by atoms with E-state index in [4.69, 9.17) is 4.74 Å². The van der Waals surface area contributed by atoms with Crippen LogP contribution in [0, 0.1) is 0 Å². The molecule has 2 N–H and O–H groups in total. The minimum atomic E-state index is -0.761. The van der Waals surface area contributed by atoms with E-state index in [0.717, 1.165) is 10.5 Å². The van der Waals surface area contributed by atoms with E-state index < -0.39 is 17.4 Å². The van der Waals surface area contributed by atoms with Gasteiger partial charge in [0, 0.05) is 21.8 Å². The SMILES string of the molecule is COc1cccc(C(=O)/C=C(\O)C(=O)Nc2ccc(Br)cc2)c1. The molecule has 118 valence electrons. The molecular weight excluding hydrogens is 362 g/mol. The first-order chi connectivity index (χ1) is 11.0. The first kappa shape index (κ1) is 16.8. The van der Waals surface area contributed by atoms with Crippen LogP contribution in [0.4, 0.5) is 5.69 Å². The Labute approximate surface area is 141 Å². The second-order valence-corrected chi connectivity index (χ2v) is 5.50. The van der Waals surface area contributed by atoms with Crippen LogP contribution in [0.1, 0.15) is 10.4 Å². The lowest BCUT2D eigenvalue weighted by atomic mass is 10.1. The third-order valence-electron chi connectivity index (χ3n) is 2.96. The van der Waals surface area contributed by atoms with E-state index in [-0.39, 0.29) is 0 Å². The number of ether oxygens (including phenoxy) is 1. The highest BCUT2D eigenvalue weighted by Gasteiger charge is 2.12. The molecule has 0 aromatic heterocycles. The van der Waals surface area contributed by atoms with Gasteiger partial charge >= 0.3 is 0 Å². The molecule has 0 saturated carbocycles. The normalized spacial score (nSPS) is 11.0. The van der Waals surface area contributed by atoms with Crippen LogP contribution in [0.15, 0.2) is 64.8 Å². The van der Waals surface area contributed by atoms with E-state index in [2.05, 4.69) is 21.2 Å². The highest BCUT2D eigenvalue weighted by Crippen LogP contribution is 2.16. The number of nitrogens with one attached hydrogen (secondary N) is 1. The van der Waals surface area contributed by atoms with Crippen molar-refractivity contribution in [1.29, 1.82) is 0 Å². The van der Waals surface area contributed by atoms with Crippen molar-refractivity contribution in [3.8, 4) is 5.75 Å². The van der Waals surface area contributed by atoms with Crippen LogP contribution >= 0.6 is 15.9 Å². The fourth-order valence-electron chi connectivity index (χ4n) is 1.78. The molecule has 0 aliphatic rings. The fourth-order valence-corrected chi connectivity index (χ4v) is 2.04. The average molecular weight is 376 g/mol. The number of carbonyl (C=O) groups excluding carboxylic acids is 2. The van der Waals surface area contributed by atoms with Crippen molar-refractivity contribution in [1.82, 2.24) is 0 Å². The van der Waals surface area contributed by atoms with Crippen molar-refractivity contribution < 1.29 is 19.4 Å². The summed E-state index contributed by atoms with van der Waals surface area (Å²) in [5, 5.41) is 12.3. The predicted octanol–water partition coefficient (Wildman–Crippen LogP) is 3.72. The number of ketones is 1. The minimum Gasteiger partial charge on any atom is -0.503 e. The Hall–Kier alpha value is -2.60. The van der Waals surface area contributed by atoms with Crippen molar-refractivity contribution in [2.75, 3.05) is 12.4 Å². The van der Waals surface area contributed by atoms with Gasteiger partial charge in [0.15, 0.2) is 11.5 Å². The monoisotopic (exact) mass is 375 g/mol. The van der Waals surface area contributed by atoms with Gasteiger partial charge in [-0.25, -0.2) is 0 Å². The smallest absolute Gasteiger partial charge is 0.290 e. The van der Waals surface area contributed by atoms with Gasteiger partial charge in [-0.2, -0.15) is 0 Å². The Morgan fingerprint density at radius 2 is 1.87 bits per heavy atom. The van der Waals surface area contributed by atoms with Crippen LogP contribution in [0.2, 0.25) is 0 Å². The molecule has 2 aromatic rings. The fraction of sp³-hybridized carbons (Fsp3) is 0.0588. The summed E-state index contributed by atoms with van der Waals surface area (Å²) in [6.07, 6.45) is 0.878. The van der Waals surface area contributed by atoms with Gasteiger partial charge in [-0.05, 0) is 36.4 Å². The zero-order chi connectivity index (χ0) is 16.8. The van der Waals surface area contributed by atoms with Gasteiger partial charge in [-0.1, -0.05) is 28.1 Å². The predicted molar refractivity (Wildman–Crippen MR) is 90.8 cm³/mol. The Balaban J connectivity index is 2.09. The summed E-state index contributed by atoms with van der Waals surface area (Å²) in [7, 11) is 1.49. The number of methoxy groups -OCH3 is 1. The number of aliphatic hydroxyl groups excluding tert-OH is 1. The molecule has 0 heterocycles. The van der Waals surface area contributed by atoms with Crippen molar-refractivity contribution in [3.63, 3.8) is 0 Å². The molecule has 6 heteroatoms. The highest BCUT2D eigenvalue weighted by atomic mass is 79.9. The van der Waals surface area contributed by atoms with Crippen LogP contribution in [-0.2, 0) is 4.79 Å². The topological polar surface area (TPSA) is 75.6 Å². The number of rotatable bonds is 5. The first-order valence-corrected chi connectivity index (χ1v) is 7.45. The van der Waals surface area contributed by atoms with Crippen LogP contribution in [-0.4, -0.2) is 23.9 Å². The standard InChI is InChI=1S/C17H14BrNO4/c1-23-14-4-2-3-11(9-14)15(20)10-16(21)17(22)19-13-7-5-12(18)6-8-13/h2-10,21H,1H3,(H,19,22)/b16-10-. The van der Waals surface area contributed by atoms with Gasteiger partial charge in [0.05, 0.1) is 7.11 Å². The number of halogens is 1. The summed E-state index contributed by atoms with van der Waals surface area (Å²) in [5.74, 6) is -1.40. The van der Waals surface area contributed by atoms with Crippen LogP contribution in [0.5, 0.6) is 5.75 Å². The number of anilines is 1. The number of aliphatic hydroxyl groups is 1. The molecule has 0 atom stereocenters. The number of allylic oxidation sites excluding steroid dienone is 1. The number of hydrogen-bond acceptors (Lipinski definition) is 4. The molecule has 0 aliphatic carbocycles. The van der Waals surface area contributed by atoms with Gasteiger partial charge in [0.25, 0.3) is 5.91 Å². The first-order valence-electron chi connectivity index (χ1n) is 6.65. The summed E-state index contributed by atoms with van der Waals surface area (Å²) in [4.78, 5) is 23.9.